The Labute approximate surface area is 112 Å². The fourth-order valence-corrected chi connectivity index (χ4v) is 2.27. The number of β-amino-alcohol motifs (C(OH)–C–C–N with tert-alkyl or cyclic N) is 1. The summed E-state index contributed by atoms with van der Waals surface area (Å²) < 4.78 is 10.1. The van der Waals surface area contributed by atoms with E-state index in [4.69, 9.17) is 14.3 Å². The van der Waals surface area contributed by atoms with Crippen LogP contribution in [0, 0.1) is 0 Å². The molecule has 106 valence electrons. The van der Waals surface area contributed by atoms with E-state index in [1.807, 2.05) is 0 Å². The van der Waals surface area contributed by atoms with Crippen LogP contribution in [-0.4, -0.2) is 67.3 Å². The molecule has 0 unspecified atom stereocenters. The third-order valence-corrected chi connectivity index (χ3v) is 3.40. The zero-order valence-corrected chi connectivity index (χ0v) is 11.2. The molecule has 6 nitrogen and oxygen atoms in total. The number of hydrogen-bond donors (Lipinski definition) is 1. The van der Waals surface area contributed by atoms with Crippen molar-refractivity contribution in [3.8, 4) is 0 Å². The fourth-order valence-electron chi connectivity index (χ4n) is 2.27. The van der Waals surface area contributed by atoms with Crippen molar-refractivity contribution in [3.05, 3.63) is 23.7 Å². The Kier molecular flexibility index (Phi) is 4.95. The van der Waals surface area contributed by atoms with Gasteiger partial charge in [0.05, 0.1) is 26.5 Å². The Bertz CT molecular complexity index is 411. The number of aliphatic hydroxyl groups excluding tert-OH is 1. The van der Waals surface area contributed by atoms with E-state index in [0.29, 0.717) is 17.9 Å². The minimum absolute atomic E-state index is 0.199. The van der Waals surface area contributed by atoms with Gasteiger partial charge >= 0.3 is 5.97 Å². The van der Waals surface area contributed by atoms with E-state index in [2.05, 4.69) is 9.80 Å². The smallest absolute Gasteiger partial charge is 0.341 e. The molecule has 1 aliphatic heterocycles. The van der Waals surface area contributed by atoms with Gasteiger partial charge < -0.3 is 14.3 Å². The topological polar surface area (TPSA) is 66.2 Å². The van der Waals surface area contributed by atoms with Gasteiger partial charge in [-0.3, -0.25) is 9.80 Å². The molecule has 19 heavy (non-hydrogen) atoms. The van der Waals surface area contributed by atoms with Crippen molar-refractivity contribution in [2.45, 2.75) is 6.54 Å². The molecule has 0 saturated carbocycles. The Morgan fingerprint density at radius 3 is 2.68 bits per heavy atom. The molecule has 0 amide bonds. The molecule has 1 aromatic rings. The summed E-state index contributed by atoms with van der Waals surface area (Å²) in [5.74, 6) is 0.296. The molecule has 0 aliphatic carbocycles. The first-order valence-corrected chi connectivity index (χ1v) is 6.45. The maximum absolute atomic E-state index is 11.5. The highest BCUT2D eigenvalue weighted by Gasteiger charge is 2.21. The zero-order chi connectivity index (χ0) is 13.7. The Hall–Kier alpha value is -1.37. The molecule has 1 saturated heterocycles. The van der Waals surface area contributed by atoms with Crippen LogP contribution in [0.15, 0.2) is 16.7 Å². The van der Waals surface area contributed by atoms with Gasteiger partial charge in [-0.15, -0.1) is 0 Å². The van der Waals surface area contributed by atoms with Crippen LogP contribution in [0.4, 0.5) is 0 Å². The molecule has 0 radical (unpaired) electrons. The number of ether oxygens (including phenoxy) is 1. The highest BCUT2D eigenvalue weighted by Crippen LogP contribution is 2.15. The van der Waals surface area contributed by atoms with Gasteiger partial charge in [-0.2, -0.15) is 0 Å². The van der Waals surface area contributed by atoms with Crippen molar-refractivity contribution in [3.63, 3.8) is 0 Å². The van der Waals surface area contributed by atoms with Crippen molar-refractivity contribution in [1.82, 2.24) is 9.80 Å². The number of esters is 1. The summed E-state index contributed by atoms with van der Waals surface area (Å²) in [7, 11) is 1.37. The third kappa shape index (κ3) is 3.56. The molecule has 2 rings (SSSR count). The molecule has 1 N–H and O–H groups in total. The van der Waals surface area contributed by atoms with Gasteiger partial charge in [0.1, 0.15) is 11.3 Å². The van der Waals surface area contributed by atoms with E-state index in [1.54, 1.807) is 6.07 Å². The second-order valence-corrected chi connectivity index (χ2v) is 4.59. The molecule has 1 fully saturated rings. The summed E-state index contributed by atoms with van der Waals surface area (Å²) in [4.78, 5) is 16.0. The Balaban J connectivity index is 1.89. The predicted molar refractivity (Wildman–Crippen MR) is 68.9 cm³/mol. The molecule has 1 aromatic heterocycles. The maximum Gasteiger partial charge on any atom is 0.341 e. The minimum atomic E-state index is -0.359. The lowest BCUT2D eigenvalue weighted by atomic mass is 10.2. The van der Waals surface area contributed by atoms with Gasteiger partial charge in [0.25, 0.3) is 0 Å². The Morgan fingerprint density at radius 2 is 2.05 bits per heavy atom. The normalized spacial score (nSPS) is 17.6. The van der Waals surface area contributed by atoms with Crippen LogP contribution in [0.25, 0.3) is 0 Å². The summed E-state index contributed by atoms with van der Waals surface area (Å²) in [5.41, 5.74) is 0.500. The average Bonchev–Trinajstić information content (AvgIpc) is 2.88. The van der Waals surface area contributed by atoms with Crippen molar-refractivity contribution in [2.24, 2.45) is 0 Å². The van der Waals surface area contributed by atoms with E-state index < -0.39 is 0 Å². The first kappa shape index (κ1) is 14.0. The van der Waals surface area contributed by atoms with Crippen molar-refractivity contribution >= 4 is 5.97 Å². The largest absolute Gasteiger partial charge is 0.467 e. The lowest BCUT2D eigenvalue weighted by Gasteiger charge is -2.33. The number of nitrogens with zero attached hydrogens (tertiary/aromatic N) is 2. The van der Waals surface area contributed by atoms with Crippen LogP contribution in [0.5, 0.6) is 0 Å². The third-order valence-electron chi connectivity index (χ3n) is 3.40. The van der Waals surface area contributed by atoms with Crippen LogP contribution in [-0.2, 0) is 11.3 Å². The fraction of sp³-hybridized carbons (Fsp3) is 0.615. The second kappa shape index (κ2) is 6.70. The number of carbonyl (C=O) groups excluding carboxylic acids is 1. The molecule has 1 aliphatic rings. The summed E-state index contributed by atoms with van der Waals surface area (Å²) in [6.45, 7) is 5.20. The number of furan rings is 1. The van der Waals surface area contributed by atoms with Crippen molar-refractivity contribution < 1.29 is 19.1 Å². The number of piperazine rings is 1. The van der Waals surface area contributed by atoms with E-state index in [0.717, 1.165) is 32.7 Å². The van der Waals surface area contributed by atoms with Crippen molar-refractivity contribution in [1.29, 1.82) is 0 Å². The highest BCUT2D eigenvalue weighted by atomic mass is 16.5. The predicted octanol–water partition coefficient (Wildman–Crippen LogP) is 0.176. The van der Waals surface area contributed by atoms with Gasteiger partial charge in [-0.05, 0) is 6.07 Å². The van der Waals surface area contributed by atoms with E-state index >= 15 is 0 Å². The van der Waals surface area contributed by atoms with E-state index in [9.17, 15) is 4.79 Å². The van der Waals surface area contributed by atoms with Gasteiger partial charge in [0.2, 0.25) is 0 Å². The van der Waals surface area contributed by atoms with Crippen LogP contribution in [0.2, 0.25) is 0 Å². The molecule has 6 heteroatoms. The van der Waals surface area contributed by atoms with Gasteiger partial charge in [0.15, 0.2) is 0 Å². The van der Waals surface area contributed by atoms with Gasteiger partial charge in [0, 0.05) is 32.7 Å². The highest BCUT2D eigenvalue weighted by molar-refractivity contribution is 5.90. The quantitative estimate of drug-likeness (QED) is 0.768. The number of hydrogen-bond acceptors (Lipinski definition) is 6. The maximum atomic E-state index is 11.5. The van der Waals surface area contributed by atoms with Crippen molar-refractivity contribution in [2.75, 3.05) is 46.4 Å². The number of aliphatic hydroxyl groups is 1. The second-order valence-electron chi connectivity index (χ2n) is 4.59. The van der Waals surface area contributed by atoms with Crippen LogP contribution >= 0.6 is 0 Å². The van der Waals surface area contributed by atoms with E-state index in [1.165, 1.54) is 13.4 Å². The SMILES string of the molecule is COC(=O)c1ccoc1CN1CCN(CCO)CC1. The number of carbonyl (C=O) groups is 1. The molecular formula is C13H20N2O4. The Morgan fingerprint density at radius 1 is 1.37 bits per heavy atom. The summed E-state index contributed by atoms with van der Waals surface area (Å²) in [5, 5.41) is 8.89. The molecule has 0 spiro atoms. The molecule has 0 bridgehead atoms. The first-order chi connectivity index (χ1) is 9.24. The average molecular weight is 268 g/mol. The minimum Gasteiger partial charge on any atom is -0.467 e. The van der Waals surface area contributed by atoms with E-state index in [-0.39, 0.29) is 12.6 Å². The summed E-state index contributed by atoms with van der Waals surface area (Å²) in [6.07, 6.45) is 1.52. The molecule has 2 heterocycles. The van der Waals surface area contributed by atoms with Crippen LogP contribution < -0.4 is 0 Å². The van der Waals surface area contributed by atoms with Crippen LogP contribution in [0.1, 0.15) is 16.1 Å². The summed E-state index contributed by atoms with van der Waals surface area (Å²) in [6, 6.07) is 1.64. The first-order valence-electron chi connectivity index (χ1n) is 6.45. The lowest BCUT2D eigenvalue weighted by Crippen LogP contribution is -2.46. The zero-order valence-electron chi connectivity index (χ0n) is 11.2. The molecule has 0 aromatic carbocycles. The number of methoxy groups -OCH3 is 1. The standard InChI is InChI=1S/C13H20N2O4/c1-18-13(17)11-2-9-19-12(11)10-15-5-3-14(4-6-15)7-8-16/h2,9,16H,3-8,10H2,1H3. The monoisotopic (exact) mass is 268 g/mol. The number of rotatable bonds is 5. The van der Waals surface area contributed by atoms with Gasteiger partial charge in [-0.25, -0.2) is 4.79 Å². The lowest BCUT2D eigenvalue weighted by molar-refractivity contribution is 0.0593. The molecule has 0 atom stereocenters. The van der Waals surface area contributed by atoms with Gasteiger partial charge in [-0.1, -0.05) is 0 Å². The summed E-state index contributed by atoms with van der Waals surface area (Å²) >= 11 is 0. The van der Waals surface area contributed by atoms with Crippen LogP contribution in [0.3, 0.4) is 0 Å². The molecular weight excluding hydrogens is 248 g/mol.